The Labute approximate surface area is 107 Å². The Morgan fingerprint density at radius 3 is 2.82 bits per heavy atom. The summed E-state index contributed by atoms with van der Waals surface area (Å²) in [5, 5.41) is 7.12. The molecule has 1 amide bonds. The van der Waals surface area contributed by atoms with E-state index in [2.05, 4.69) is 30.6 Å². The Morgan fingerprint density at radius 1 is 1.53 bits per heavy atom. The summed E-state index contributed by atoms with van der Waals surface area (Å²) in [5.74, 6) is 0.660. The number of rotatable bonds is 7. The smallest absolute Gasteiger partial charge is 0.220 e. The predicted molar refractivity (Wildman–Crippen MR) is 73.1 cm³/mol. The molecule has 0 radical (unpaired) electrons. The fraction of sp³-hybridized carbons (Fsp3) is 0.615. The number of nitrogens with two attached hydrogens (primary N) is 1. The molecule has 0 bridgehead atoms. The molecule has 1 aromatic heterocycles. The van der Waals surface area contributed by atoms with Crippen LogP contribution in [0.1, 0.15) is 32.3 Å². The third kappa shape index (κ3) is 5.84. The average Bonchev–Trinajstić information content (AvgIpc) is 2.77. The average molecular weight is 254 g/mol. The fourth-order valence-electron chi connectivity index (χ4n) is 1.78. The lowest BCUT2D eigenvalue weighted by Gasteiger charge is -2.18. The number of hydrogen-bond donors (Lipinski definition) is 2. The standard InChI is InChI=1S/C13H22N2OS/c1-10(2)7-12(8-14)15-13(16)4-3-11-5-6-17-9-11/h5-6,9-10,12H,3-4,7-8,14H2,1-2H3,(H,15,16). The molecule has 3 N–H and O–H groups in total. The van der Waals surface area contributed by atoms with Crippen molar-refractivity contribution in [1.29, 1.82) is 0 Å². The van der Waals surface area contributed by atoms with Crippen LogP contribution >= 0.6 is 11.3 Å². The molecule has 0 saturated carbocycles. The second-order valence-electron chi connectivity index (χ2n) is 4.76. The number of nitrogens with one attached hydrogen (secondary N) is 1. The maximum Gasteiger partial charge on any atom is 0.220 e. The molecule has 1 atom stereocenters. The number of carbonyl (C=O) groups excluding carboxylic acids is 1. The molecule has 0 aliphatic heterocycles. The lowest BCUT2D eigenvalue weighted by atomic mass is 10.0. The maximum atomic E-state index is 11.7. The monoisotopic (exact) mass is 254 g/mol. The van der Waals surface area contributed by atoms with Gasteiger partial charge in [0, 0.05) is 19.0 Å². The van der Waals surface area contributed by atoms with Crippen LogP contribution in [0.5, 0.6) is 0 Å². The molecule has 1 unspecified atom stereocenters. The van der Waals surface area contributed by atoms with Gasteiger partial charge < -0.3 is 11.1 Å². The van der Waals surface area contributed by atoms with Gasteiger partial charge in [0.1, 0.15) is 0 Å². The maximum absolute atomic E-state index is 11.7. The van der Waals surface area contributed by atoms with Crippen LogP contribution in [0.2, 0.25) is 0 Å². The van der Waals surface area contributed by atoms with Crippen LogP contribution < -0.4 is 11.1 Å². The van der Waals surface area contributed by atoms with Gasteiger partial charge in [0.05, 0.1) is 0 Å². The normalized spacial score (nSPS) is 12.7. The van der Waals surface area contributed by atoms with Crippen LogP contribution in [-0.4, -0.2) is 18.5 Å². The summed E-state index contributed by atoms with van der Waals surface area (Å²) in [4.78, 5) is 11.7. The van der Waals surface area contributed by atoms with Gasteiger partial charge in [0.2, 0.25) is 5.91 Å². The predicted octanol–water partition coefficient (Wildman–Crippen LogP) is 2.17. The third-order valence-electron chi connectivity index (χ3n) is 2.63. The van der Waals surface area contributed by atoms with Crippen molar-refractivity contribution in [3.63, 3.8) is 0 Å². The molecule has 1 heterocycles. The van der Waals surface area contributed by atoms with Crippen molar-refractivity contribution < 1.29 is 4.79 Å². The zero-order valence-electron chi connectivity index (χ0n) is 10.6. The van der Waals surface area contributed by atoms with Crippen molar-refractivity contribution in [2.24, 2.45) is 11.7 Å². The van der Waals surface area contributed by atoms with Gasteiger partial charge in [-0.3, -0.25) is 4.79 Å². The van der Waals surface area contributed by atoms with E-state index in [1.165, 1.54) is 5.56 Å². The van der Waals surface area contributed by atoms with Gasteiger partial charge in [0.15, 0.2) is 0 Å². The topological polar surface area (TPSA) is 55.1 Å². The van der Waals surface area contributed by atoms with E-state index < -0.39 is 0 Å². The quantitative estimate of drug-likeness (QED) is 0.783. The SMILES string of the molecule is CC(C)CC(CN)NC(=O)CCc1ccsc1. The van der Waals surface area contributed by atoms with Gasteiger partial charge in [0.25, 0.3) is 0 Å². The van der Waals surface area contributed by atoms with Crippen LogP contribution in [0.25, 0.3) is 0 Å². The zero-order valence-corrected chi connectivity index (χ0v) is 11.4. The van der Waals surface area contributed by atoms with E-state index in [9.17, 15) is 4.79 Å². The minimum Gasteiger partial charge on any atom is -0.352 e. The zero-order chi connectivity index (χ0) is 12.7. The Morgan fingerprint density at radius 2 is 2.29 bits per heavy atom. The van der Waals surface area contributed by atoms with Crippen LogP contribution in [0.3, 0.4) is 0 Å². The highest BCUT2D eigenvalue weighted by molar-refractivity contribution is 7.07. The minimum atomic E-state index is 0.104. The van der Waals surface area contributed by atoms with Crippen molar-refractivity contribution in [2.45, 2.75) is 39.2 Å². The van der Waals surface area contributed by atoms with Crippen LogP contribution in [0.4, 0.5) is 0 Å². The highest BCUT2D eigenvalue weighted by Gasteiger charge is 2.12. The molecule has 0 aromatic carbocycles. The highest BCUT2D eigenvalue weighted by Crippen LogP contribution is 2.09. The first-order chi connectivity index (χ1) is 8.11. The molecule has 96 valence electrons. The Kier molecular flexibility index (Phi) is 6.22. The van der Waals surface area contributed by atoms with Crippen molar-refractivity contribution in [3.8, 4) is 0 Å². The molecule has 0 saturated heterocycles. The molecule has 0 spiro atoms. The van der Waals surface area contributed by atoms with E-state index >= 15 is 0 Å². The molecule has 0 fully saturated rings. The summed E-state index contributed by atoms with van der Waals surface area (Å²) in [6, 6.07) is 2.18. The summed E-state index contributed by atoms with van der Waals surface area (Å²) in [7, 11) is 0. The number of carbonyl (C=O) groups is 1. The molecule has 3 nitrogen and oxygen atoms in total. The molecule has 4 heteroatoms. The Hall–Kier alpha value is -0.870. The number of hydrogen-bond acceptors (Lipinski definition) is 3. The van der Waals surface area contributed by atoms with E-state index in [4.69, 9.17) is 5.73 Å². The first-order valence-electron chi connectivity index (χ1n) is 6.12. The van der Waals surface area contributed by atoms with E-state index in [1.807, 2.05) is 5.38 Å². The van der Waals surface area contributed by atoms with Gasteiger partial charge in [-0.25, -0.2) is 0 Å². The summed E-state index contributed by atoms with van der Waals surface area (Å²) in [6.07, 6.45) is 2.31. The number of aryl methyl sites for hydroxylation is 1. The summed E-state index contributed by atoms with van der Waals surface area (Å²) in [6.45, 7) is 4.79. The fourth-order valence-corrected chi connectivity index (χ4v) is 2.48. The van der Waals surface area contributed by atoms with Crippen molar-refractivity contribution in [3.05, 3.63) is 22.4 Å². The molecule has 17 heavy (non-hydrogen) atoms. The van der Waals surface area contributed by atoms with E-state index in [1.54, 1.807) is 11.3 Å². The van der Waals surface area contributed by atoms with Crippen molar-refractivity contribution in [2.75, 3.05) is 6.54 Å². The van der Waals surface area contributed by atoms with Gasteiger partial charge in [-0.2, -0.15) is 11.3 Å². The lowest BCUT2D eigenvalue weighted by Crippen LogP contribution is -2.41. The Bertz CT molecular complexity index is 322. The molecule has 1 rings (SSSR count). The molecule has 1 aromatic rings. The van der Waals surface area contributed by atoms with Crippen molar-refractivity contribution >= 4 is 17.2 Å². The molecular weight excluding hydrogens is 232 g/mol. The summed E-state index contributed by atoms with van der Waals surface area (Å²) < 4.78 is 0. The van der Waals surface area contributed by atoms with Gasteiger partial charge in [-0.05, 0) is 41.1 Å². The first kappa shape index (κ1) is 14.2. The number of amides is 1. The summed E-state index contributed by atoms with van der Waals surface area (Å²) in [5.41, 5.74) is 6.88. The van der Waals surface area contributed by atoms with Crippen LogP contribution in [-0.2, 0) is 11.2 Å². The Balaban J connectivity index is 2.27. The number of thiophene rings is 1. The molecule has 0 aliphatic carbocycles. The lowest BCUT2D eigenvalue weighted by molar-refractivity contribution is -0.121. The largest absolute Gasteiger partial charge is 0.352 e. The first-order valence-corrected chi connectivity index (χ1v) is 7.06. The van der Waals surface area contributed by atoms with Crippen LogP contribution in [0.15, 0.2) is 16.8 Å². The van der Waals surface area contributed by atoms with E-state index in [0.29, 0.717) is 18.9 Å². The third-order valence-corrected chi connectivity index (χ3v) is 3.36. The van der Waals surface area contributed by atoms with E-state index in [0.717, 1.165) is 12.8 Å². The van der Waals surface area contributed by atoms with Gasteiger partial charge in [-0.1, -0.05) is 13.8 Å². The second kappa shape index (κ2) is 7.45. The second-order valence-corrected chi connectivity index (χ2v) is 5.54. The minimum absolute atomic E-state index is 0.104. The van der Waals surface area contributed by atoms with Gasteiger partial charge >= 0.3 is 0 Å². The van der Waals surface area contributed by atoms with Crippen LogP contribution in [0, 0.1) is 5.92 Å². The van der Waals surface area contributed by atoms with Gasteiger partial charge in [-0.15, -0.1) is 0 Å². The highest BCUT2D eigenvalue weighted by atomic mass is 32.1. The molecular formula is C13H22N2OS. The summed E-state index contributed by atoms with van der Waals surface area (Å²) >= 11 is 1.67. The van der Waals surface area contributed by atoms with E-state index in [-0.39, 0.29) is 11.9 Å². The molecule has 0 aliphatic rings. The van der Waals surface area contributed by atoms with Crippen molar-refractivity contribution in [1.82, 2.24) is 5.32 Å².